The monoisotopic (exact) mass is 973 g/mol. The summed E-state index contributed by atoms with van der Waals surface area (Å²) in [5, 5.41) is 137. The second kappa shape index (κ2) is 30.6. The van der Waals surface area contributed by atoms with Crippen molar-refractivity contribution >= 4 is 0 Å². The van der Waals surface area contributed by atoms with E-state index in [2.05, 4.69) is 45.7 Å². The van der Waals surface area contributed by atoms with Crippen molar-refractivity contribution < 1.29 is 83.9 Å². The predicted molar refractivity (Wildman–Crippen MR) is 239 cm³/mol. The van der Waals surface area contributed by atoms with Gasteiger partial charge in [0.05, 0.1) is 73.2 Å². The van der Waals surface area contributed by atoms with Crippen molar-refractivity contribution in [3.05, 3.63) is 0 Å². The van der Waals surface area contributed by atoms with Crippen molar-refractivity contribution in [2.45, 2.75) is 146 Å². The fourth-order valence-electron chi connectivity index (χ4n) is 8.34. The van der Waals surface area contributed by atoms with Gasteiger partial charge in [-0.1, -0.05) is 20.8 Å². The number of alkyl halides is 4. The van der Waals surface area contributed by atoms with E-state index >= 15 is 0 Å². The Labute approximate surface area is 387 Å². The molecule has 0 spiro atoms. The van der Waals surface area contributed by atoms with Crippen molar-refractivity contribution in [1.82, 2.24) is 31.9 Å². The van der Waals surface area contributed by atoms with Gasteiger partial charge in [-0.15, -0.1) is 0 Å². The van der Waals surface area contributed by atoms with E-state index in [1.165, 1.54) is 13.8 Å². The van der Waals surface area contributed by atoms with Crippen LogP contribution in [-0.4, -0.2) is 243 Å². The third-order valence-electron chi connectivity index (χ3n) is 13.2. The van der Waals surface area contributed by atoms with Crippen LogP contribution in [-0.2, 0) is 0 Å². The summed E-state index contributed by atoms with van der Waals surface area (Å²) in [5.41, 5.74) is -0.951. The van der Waals surface area contributed by atoms with E-state index in [9.17, 15) is 58.4 Å². The number of hydrogen-bond acceptors (Lipinski definition) is 19. The molecule has 0 aliphatic carbocycles. The molecule has 6 heterocycles. The predicted octanol–water partition coefficient (Wildman–Crippen LogP) is -4.61. The van der Waals surface area contributed by atoms with Crippen molar-refractivity contribution in [1.29, 1.82) is 0 Å². The number of piperidine rings is 6. The van der Waals surface area contributed by atoms with Gasteiger partial charge in [0.1, 0.15) is 18.4 Å². The lowest BCUT2D eigenvalue weighted by molar-refractivity contribution is -0.151. The second-order valence-corrected chi connectivity index (χ2v) is 19.4. The van der Waals surface area contributed by atoms with Gasteiger partial charge < -0.3 is 98.3 Å². The highest BCUT2D eigenvalue weighted by Gasteiger charge is 2.46. The Balaban J connectivity index is 0.000000396. The Bertz CT molecular complexity index is 1200. The molecule has 6 aliphatic rings. The summed E-state index contributed by atoms with van der Waals surface area (Å²) in [4.78, 5) is 0. The molecule has 19 atom stereocenters. The molecule has 23 heteroatoms. The molecule has 0 bridgehead atoms. The van der Waals surface area contributed by atoms with Crippen LogP contribution in [0.5, 0.6) is 0 Å². The van der Waals surface area contributed by atoms with E-state index in [4.69, 9.17) is 25.5 Å². The minimum atomic E-state index is -3.11. The Morgan fingerprint density at radius 1 is 0.500 bits per heavy atom. The fourth-order valence-corrected chi connectivity index (χ4v) is 8.34. The van der Waals surface area contributed by atoms with Crippen LogP contribution in [0.4, 0.5) is 17.6 Å². The van der Waals surface area contributed by atoms with Crippen LogP contribution < -0.4 is 31.9 Å². The summed E-state index contributed by atoms with van der Waals surface area (Å²) in [6, 6.07) is 0. The van der Waals surface area contributed by atoms with Crippen LogP contribution in [0.3, 0.4) is 0 Å². The first kappa shape index (κ1) is 63.0. The van der Waals surface area contributed by atoms with Crippen LogP contribution in [0, 0.1) is 41.4 Å². The lowest BCUT2D eigenvalue weighted by Crippen LogP contribution is -2.57. The van der Waals surface area contributed by atoms with Gasteiger partial charge >= 0.3 is 0 Å². The highest BCUT2D eigenvalue weighted by atomic mass is 19.3. The lowest BCUT2D eigenvalue weighted by atomic mass is 9.81. The van der Waals surface area contributed by atoms with Gasteiger partial charge in [0.15, 0.2) is 0 Å². The van der Waals surface area contributed by atoms with Gasteiger partial charge in [0.2, 0.25) is 0 Å². The van der Waals surface area contributed by atoms with Crippen molar-refractivity contribution in [3.8, 4) is 0 Å². The van der Waals surface area contributed by atoms with E-state index in [1.54, 1.807) is 13.8 Å². The molecule has 396 valence electrons. The smallest absolute Gasteiger partial charge is 0.285 e. The molecule has 6 rings (SSSR count). The summed E-state index contributed by atoms with van der Waals surface area (Å²) < 4.78 is 50.6. The minimum absolute atomic E-state index is 0.193. The normalized spacial score (nSPS) is 40.0. The van der Waals surface area contributed by atoms with Crippen molar-refractivity contribution in [2.24, 2.45) is 41.4 Å². The van der Waals surface area contributed by atoms with Gasteiger partial charge in [-0.2, -0.15) is 0 Å². The van der Waals surface area contributed by atoms with E-state index in [0.29, 0.717) is 58.3 Å². The van der Waals surface area contributed by atoms with Gasteiger partial charge in [0.25, 0.3) is 5.92 Å². The number of hydrogen-bond donors (Lipinski definition) is 19. The first-order valence-electron chi connectivity index (χ1n) is 23.4. The zero-order valence-corrected chi connectivity index (χ0v) is 39.8. The zero-order valence-electron chi connectivity index (χ0n) is 39.8. The van der Waals surface area contributed by atoms with Gasteiger partial charge in [-0.05, 0) is 46.0 Å². The van der Waals surface area contributed by atoms with Crippen molar-refractivity contribution in [2.75, 3.05) is 85.1 Å². The molecule has 19 N–H and O–H groups in total. The van der Waals surface area contributed by atoms with E-state index in [1.807, 2.05) is 6.92 Å². The number of aliphatic hydroxyl groups excluding tert-OH is 12. The summed E-state index contributed by atoms with van der Waals surface area (Å²) in [5.74, 6) is -4.27. The SMILES string of the molecule is CC(C)(O)[C@H]1CNC[C@@H](O)[C@@H]1O.CC(C)[C@H]1CNC[C@@H](O)[C@@H]1O.CC[C@H]1CNC[C@@H](O)[C@@H]1O.C[C@@H](F)[C@H]1CNC[C@@H](O)[C@@H]1O.C[C@H](F)[C@H]1CNC[C@@H](O)[C@@H]1O.OC[C@H]1CNCC(F)(F)[C@@H]1O. The minimum Gasteiger partial charge on any atom is -0.396 e. The Hall–Kier alpha value is -1.04. The van der Waals surface area contributed by atoms with Crippen LogP contribution in [0.15, 0.2) is 0 Å². The average Bonchev–Trinajstić information content (AvgIpc) is 3.24. The van der Waals surface area contributed by atoms with Crippen molar-refractivity contribution in [3.63, 3.8) is 0 Å². The summed E-state index contributed by atoms with van der Waals surface area (Å²) >= 11 is 0. The average molecular weight is 973 g/mol. The van der Waals surface area contributed by atoms with Gasteiger partial charge in [-0.25, -0.2) is 17.6 Å². The largest absolute Gasteiger partial charge is 0.396 e. The third kappa shape index (κ3) is 20.7. The third-order valence-corrected chi connectivity index (χ3v) is 13.2. The molecule has 0 aromatic carbocycles. The molecule has 66 heavy (non-hydrogen) atoms. The summed E-state index contributed by atoms with van der Waals surface area (Å²) in [6.45, 7) is 16.8. The molecule has 0 radical (unpaired) electrons. The number of β-amino-alcohol motifs (C(OH)–C–C–N with tert-alkyl or cyclic N) is 5. The molecule has 0 aromatic rings. The Kier molecular flexibility index (Phi) is 29.2. The van der Waals surface area contributed by atoms with Gasteiger partial charge in [-0.3, -0.25) is 0 Å². The fraction of sp³-hybridized carbons (Fsp3) is 1.00. The maximum absolute atomic E-state index is 12.7. The quantitative estimate of drug-likeness (QED) is 0.111. The van der Waals surface area contributed by atoms with Crippen LogP contribution in [0.1, 0.15) is 54.9 Å². The Morgan fingerprint density at radius 2 is 0.848 bits per heavy atom. The second-order valence-electron chi connectivity index (χ2n) is 19.4. The highest BCUT2D eigenvalue weighted by molar-refractivity contribution is 4.93. The van der Waals surface area contributed by atoms with Crippen LogP contribution in [0.25, 0.3) is 0 Å². The van der Waals surface area contributed by atoms with E-state index < -0.39 is 122 Å². The maximum atomic E-state index is 12.7. The van der Waals surface area contributed by atoms with Gasteiger partial charge in [0, 0.05) is 108 Å². The number of halogens is 4. The highest BCUT2D eigenvalue weighted by Crippen LogP contribution is 2.27. The molecule has 6 aliphatic heterocycles. The standard InChI is InChI=1S/C8H17NO3.C8H17NO2.2C7H14FNO2.C7H15NO2.C6H11F2NO2/c1-8(2,12)5-3-9-4-6(10)7(5)11;1-5(2)6-3-9-4-7(10)8(6)11;2*1-4(8)5-2-9-3-6(10)7(5)11;1-2-5-3-8-4-6(9)7(5)10;7-6(8)3-9-1-4(2-10)5(6)11/h5-7,9-12H,3-4H2,1-2H3;5-11H,3-4H2,1-2H3;2*4-7,9-11H,2-3H2,1H3;5-10H,2-4H2,1H3;4-5,9-11H,1-3H2/t5-,6+,7+;6-,7-,8-;4-,5+,6+,7+;4-,5-,6-,7-;5-,6+,7+;4-,5-/m010101/s1. The number of nitrogens with one attached hydrogen (secondary N) is 6. The first-order chi connectivity index (χ1) is 30.6. The molecular weight excluding hydrogens is 884 g/mol. The molecule has 19 nitrogen and oxygen atoms in total. The first-order valence-corrected chi connectivity index (χ1v) is 23.4. The zero-order chi connectivity index (χ0) is 50.7. The molecule has 0 unspecified atom stereocenters. The topological polar surface area (TPSA) is 335 Å². The molecular formula is C43H88F4N6O13. The van der Waals surface area contributed by atoms with E-state index in [0.717, 1.165) is 19.5 Å². The Morgan fingerprint density at radius 3 is 1.15 bits per heavy atom. The molecule has 6 fully saturated rings. The molecule has 6 saturated heterocycles. The number of rotatable bonds is 6. The van der Waals surface area contributed by atoms with Crippen LogP contribution >= 0.6 is 0 Å². The van der Waals surface area contributed by atoms with E-state index in [-0.39, 0.29) is 24.3 Å². The summed E-state index contributed by atoms with van der Waals surface area (Å²) in [7, 11) is 0. The lowest BCUT2D eigenvalue weighted by Gasteiger charge is -2.39. The number of aliphatic hydroxyl groups is 13. The summed E-state index contributed by atoms with van der Waals surface area (Å²) in [6.07, 6.45) is -10.3. The van der Waals surface area contributed by atoms with Crippen LogP contribution in [0.2, 0.25) is 0 Å². The molecule has 0 aromatic heterocycles. The molecule has 0 amide bonds. The maximum Gasteiger partial charge on any atom is 0.285 e. The molecule has 0 saturated carbocycles.